The van der Waals surface area contributed by atoms with Crippen molar-refractivity contribution in [2.45, 2.75) is 32.8 Å². The van der Waals surface area contributed by atoms with Crippen molar-refractivity contribution in [3.05, 3.63) is 58.3 Å². The van der Waals surface area contributed by atoms with E-state index in [1.165, 1.54) is 0 Å². The number of nitrogens with one attached hydrogen (secondary N) is 1. The molecule has 2 aliphatic rings. The fourth-order valence-electron chi connectivity index (χ4n) is 4.95. The Morgan fingerprint density at radius 3 is 2.97 bits per heavy atom. The van der Waals surface area contributed by atoms with E-state index >= 15 is 0 Å². The van der Waals surface area contributed by atoms with Crippen LogP contribution in [-0.4, -0.2) is 52.4 Å². The van der Waals surface area contributed by atoms with Gasteiger partial charge in [-0.3, -0.25) is 14.8 Å². The summed E-state index contributed by atoms with van der Waals surface area (Å²) in [4.78, 5) is 13.6. The Morgan fingerprint density at radius 2 is 2.17 bits per heavy atom. The molecule has 0 radical (unpaired) electrons. The van der Waals surface area contributed by atoms with Crippen LogP contribution in [0.5, 0.6) is 11.5 Å². The van der Waals surface area contributed by atoms with Gasteiger partial charge in [-0.15, -0.1) is 0 Å². The number of carboxylic acids is 1. The number of carbonyl (C=O) groups is 1. The number of ether oxygens (including phenoxy) is 2. The average Bonchev–Trinajstić information content (AvgIpc) is 3.22. The molecule has 0 saturated carbocycles. The molecule has 1 fully saturated rings. The van der Waals surface area contributed by atoms with Crippen molar-refractivity contribution in [1.82, 2.24) is 15.1 Å². The van der Waals surface area contributed by atoms with Crippen LogP contribution in [-0.2, 0) is 4.79 Å². The first-order chi connectivity index (χ1) is 16.9. The molecule has 5 rings (SSSR count). The molecular weight excluding hydrogens is 466 g/mol. The zero-order valence-corrected chi connectivity index (χ0v) is 20.7. The molecule has 2 aromatic carbocycles. The molecule has 184 valence electrons. The number of hydrogen-bond donors (Lipinski definition) is 2. The highest BCUT2D eigenvalue weighted by Gasteiger charge is 2.26. The van der Waals surface area contributed by atoms with Gasteiger partial charge in [0.05, 0.1) is 11.4 Å². The number of H-pyrrole nitrogens is 1. The molecule has 1 aromatic heterocycles. The molecule has 1 saturated heterocycles. The summed E-state index contributed by atoms with van der Waals surface area (Å²) in [6.45, 7) is 7.01. The molecule has 0 aliphatic carbocycles. The first kappa shape index (κ1) is 23.7. The van der Waals surface area contributed by atoms with E-state index in [4.69, 9.17) is 21.1 Å². The zero-order chi connectivity index (χ0) is 24.5. The predicted molar refractivity (Wildman–Crippen MR) is 136 cm³/mol. The first-order valence-corrected chi connectivity index (χ1v) is 12.5. The first-order valence-electron chi connectivity index (χ1n) is 12.1. The number of rotatable bonds is 7. The Morgan fingerprint density at radius 1 is 1.31 bits per heavy atom. The Labute approximate surface area is 209 Å². The summed E-state index contributed by atoms with van der Waals surface area (Å²) < 4.78 is 12.5. The van der Waals surface area contributed by atoms with Gasteiger partial charge < -0.3 is 14.6 Å². The lowest BCUT2D eigenvalue weighted by molar-refractivity contribution is -0.143. The highest BCUT2D eigenvalue weighted by molar-refractivity contribution is 6.34. The number of aliphatic carboxylic acids is 1. The molecular formula is C27H30ClN3O4. The van der Waals surface area contributed by atoms with Crippen molar-refractivity contribution >= 4 is 34.5 Å². The van der Waals surface area contributed by atoms with Crippen LogP contribution in [0.2, 0.25) is 5.15 Å². The van der Waals surface area contributed by atoms with Gasteiger partial charge in [-0.25, -0.2) is 0 Å². The van der Waals surface area contributed by atoms with E-state index in [1.54, 1.807) is 0 Å². The number of aromatic amines is 1. The van der Waals surface area contributed by atoms with Gasteiger partial charge in [-0.05, 0) is 66.8 Å². The van der Waals surface area contributed by atoms with Gasteiger partial charge in [0.25, 0.3) is 0 Å². The average molecular weight is 496 g/mol. The highest BCUT2D eigenvalue weighted by Crippen LogP contribution is 2.36. The van der Waals surface area contributed by atoms with Gasteiger partial charge in [0.15, 0.2) is 0 Å². The van der Waals surface area contributed by atoms with Gasteiger partial charge in [0.2, 0.25) is 0 Å². The molecule has 2 unspecified atom stereocenters. The van der Waals surface area contributed by atoms with E-state index in [0.29, 0.717) is 18.3 Å². The van der Waals surface area contributed by atoms with Crippen LogP contribution in [0.25, 0.3) is 17.0 Å². The van der Waals surface area contributed by atoms with Crippen LogP contribution in [0.3, 0.4) is 0 Å². The van der Waals surface area contributed by atoms with Crippen molar-refractivity contribution in [3.63, 3.8) is 0 Å². The van der Waals surface area contributed by atoms with Crippen LogP contribution >= 0.6 is 11.6 Å². The molecule has 2 atom stereocenters. The van der Waals surface area contributed by atoms with E-state index in [2.05, 4.69) is 35.0 Å². The van der Waals surface area contributed by atoms with Gasteiger partial charge >= 0.3 is 5.97 Å². The summed E-state index contributed by atoms with van der Waals surface area (Å²) in [6.07, 6.45) is 3.67. The van der Waals surface area contributed by atoms with Crippen LogP contribution in [0.4, 0.5) is 0 Å². The van der Waals surface area contributed by atoms with Crippen molar-refractivity contribution in [2.24, 2.45) is 11.8 Å². The molecule has 3 aromatic rings. The summed E-state index contributed by atoms with van der Waals surface area (Å²) in [7, 11) is 0. The number of likely N-dealkylation sites (tertiary alicyclic amines) is 1. The summed E-state index contributed by atoms with van der Waals surface area (Å²) in [5.41, 5.74) is 4.03. The third-order valence-electron chi connectivity index (χ3n) is 6.77. The van der Waals surface area contributed by atoms with Gasteiger partial charge in [-0.2, -0.15) is 5.10 Å². The second-order valence-electron chi connectivity index (χ2n) is 9.80. The Kier molecular flexibility index (Phi) is 6.71. The number of hydrogen-bond acceptors (Lipinski definition) is 5. The number of piperidine rings is 1. The van der Waals surface area contributed by atoms with Crippen molar-refractivity contribution in [2.75, 3.05) is 26.2 Å². The number of halogens is 1. The van der Waals surface area contributed by atoms with Gasteiger partial charge in [0, 0.05) is 30.1 Å². The SMILES string of the molecule is CC(C)C(Oc1ccc2c(c1)OCC(CN1CCCC(C(=O)O)C1)=C2)c1ccc2n[nH]c(Cl)c2c1. The van der Waals surface area contributed by atoms with E-state index in [9.17, 15) is 9.90 Å². The molecule has 2 N–H and O–H groups in total. The number of aromatic nitrogens is 2. The van der Waals surface area contributed by atoms with E-state index in [1.807, 2.05) is 36.4 Å². The third kappa shape index (κ3) is 5.16. The van der Waals surface area contributed by atoms with Crippen LogP contribution in [0.1, 0.15) is 43.9 Å². The fraction of sp³-hybridized carbons (Fsp3) is 0.407. The maximum Gasteiger partial charge on any atom is 0.307 e. The normalized spacial score (nSPS) is 19.2. The van der Waals surface area contributed by atoms with E-state index < -0.39 is 5.97 Å². The second-order valence-corrected chi connectivity index (χ2v) is 10.2. The van der Waals surface area contributed by atoms with Crippen molar-refractivity contribution in [3.8, 4) is 11.5 Å². The summed E-state index contributed by atoms with van der Waals surface area (Å²) in [5, 5.41) is 17.8. The molecule has 0 spiro atoms. The smallest absolute Gasteiger partial charge is 0.307 e. The number of benzene rings is 2. The minimum Gasteiger partial charge on any atom is -0.488 e. The van der Waals surface area contributed by atoms with Crippen molar-refractivity contribution < 1.29 is 19.4 Å². The predicted octanol–water partition coefficient (Wildman–Crippen LogP) is 5.56. The molecule has 7 nitrogen and oxygen atoms in total. The molecule has 0 bridgehead atoms. The molecule has 2 aliphatic heterocycles. The Hall–Kier alpha value is -3.03. The van der Waals surface area contributed by atoms with E-state index in [0.717, 1.165) is 65.0 Å². The molecule has 0 amide bonds. The Balaban J connectivity index is 1.30. The highest BCUT2D eigenvalue weighted by atomic mass is 35.5. The Bertz CT molecular complexity index is 1270. The summed E-state index contributed by atoms with van der Waals surface area (Å²) >= 11 is 6.25. The lowest BCUT2D eigenvalue weighted by Gasteiger charge is -2.32. The lowest BCUT2D eigenvalue weighted by atomic mass is 9.97. The third-order valence-corrected chi connectivity index (χ3v) is 7.06. The molecule has 8 heteroatoms. The van der Waals surface area contributed by atoms with Crippen LogP contribution in [0.15, 0.2) is 42.0 Å². The van der Waals surface area contributed by atoms with Gasteiger partial charge in [-0.1, -0.05) is 31.5 Å². The zero-order valence-electron chi connectivity index (χ0n) is 20.0. The molecule has 35 heavy (non-hydrogen) atoms. The lowest BCUT2D eigenvalue weighted by Crippen LogP contribution is -2.40. The summed E-state index contributed by atoms with van der Waals surface area (Å²) in [5.74, 6) is 0.803. The topological polar surface area (TPSA) is 87.7 Å². The minimum absolute atomic E-state index is 0.153. The monoisotopic (exact) mass is 495 g/mol. The minimum atomic E-state index is -0.700. The summed E-state index contributed by atoms with van der Waals surface area (Å²) in [6, 6.07) is 12.0. The van der Waals surface area contributed by atoms with Crippen molar-refractivity contribution in [1.29, 1.82) is 0 Å². The number of fused-ring (bicyclic) bond motifs is 2. The van der Waals surface area contributed by atoms with Crippen LogP contribution < -0.4 is 9.47 Å². The quantitative estimate of drug-likeness (QED) is 0.446. The van der Waals surface area contributed by atoms with Crippen LogP contribution in [0, 0.1) is 11.8 Å². The number of nitrogens with zero attached hydrogens (tertiary/aromatic N) is 2. The molecule has 3 heterocycles. The maximum absolute atomic E-state index is 11.4. The largest absolute Gasteiger partial charge is 0.488 e. The standard InChI is InChI=1S/C27H30ClN3O4/c1-16(2)25(19-6-8-23-22(11-19)26(28)30-29-23)35-21-7-5-18-10-17(15-34-24(18)12-21)13-31-9-3-4-20(14-31)27(32)33/h5-8,10-12,16,20,25H,3-4,9,13-15H2,1-2H3,(H,29,30)(H,32,33). The van der Waals surface area contributed by atoms with Gasteiger partial charge in [0.1, 0.15) is 29.4 Å². The number of carboxylic acid groups (broad SMARTS) is 1. The van der Waals surface area contributed by atoms with E-state index in [-0.39, 0.29) is 17.9 Å². The fourth-order valence-corrected chi connectivity index (χ4v) is 5.15. The maximum atomic E-state index is 11.4. The second kappa shape index (κ2) is 9.91.